The third-order valence-electron chi connectivity index (χ3n) is 4.20. The summed E-state index contributed by atoms with van der Waals surface area (Å²) in [5.41, 5.74) is 0.694. The van der Waals surface area contributed by atoms with Crippen molar-refractivity contribution in [2.75, 3.05) is 34.4 Å². The number of benzene rings is 2. The van der Waals surface area contributed by atoms with E-state index >= 15 is 0 Å². The maximum atomic E-state index is 12.4. The summed E-state index contributed by atoms with van der Waals surface area (Å²) in [7, 11) is -3.01. The van der Waals surface area contributed by atoms with Gasteiger partial charge in [-0.3, -0.25) is 4.79 Å². The maximum absolute atomic E-state index is 12.4. The number of hydrogen-bond donors (Lipinski definition) is 2. The first-order valence-electron chi connectivity index (χ1n) is 8.97. The summed E-state index contributed by atoms with van der Waals surface area (Å²) in [5.74, 6) is -0.455. The smallest absolute Gasteiger partial charge is 0.251 e. The number of nitrogens with zero attached hydrogens (tertiary/aromatic N) is 1. The zero-order valence-corrected chi connectivity index (χ0v) is 18.6. The zero-order chi connectivity index (χ0) is 22.4. The van der Waals surface area contributed by atoms with Crippen LogP contribution in [-0.2, 0) is 31.3 Å². The molecule has 11 heteroatoms. The Labute approximate surface area is 177 Å². The molecule has 0 bridgehead atoms. The molecule has 0 saturated carbocycles. The van der Waals surface area contributed by atoms with E-state index in [2.05, 4.69) is 10.0 Å². The molecule has 0 aliphatic carbocycles. The van der Waals surface area contributed by atoms with Crippen molar-refractivity contribution >= 4 is 26.0 Å². The van der Waals surface area contributed by atoms with Crippen LogP contribution in [0.4, 0.5) is 0 Å². The van der Waals surface area contributed by atoms with Crippen molar-refractivity contribution in [3.8, 4) is 0 Å². The van der Waals surface area contributed by atoms with Crippen LogP contribution in [0.5, 0.6) is 0 Å². The lowest BCUT2D eigenvalue weighted by Gasteiger charge is -2.15. The summed E-state index contributed by atoms with van der Waals surface area (Å²) >= 11 is 0. The van der Waals surface area contributed by atoms with Crippen molar-refractivity contribution in [3.05, 3.63) is 59.7 Å². The second-order valence-corrected chi connectivity index (χ2v) is 10.4. The molecule has 0 aliphatic rings. The third kappa shape index (κ3) is 5.86. The van der Waals surface area contributed by atoms with Gasteiger partial charge in [0.25, 0.3) is 5.91 Å². The van der Waals surface area contributed by atoms with Gasteiger partial charge in [-0.05, 0) is 35.9 Å². The van der Waals surface area contributed by atoms with Crippen LogP contribution in [0, 0.1) is 0 Å². The molecule has 2 N–H and O–H groups in total. The van der Waals surface area contributed by atoms with Gasteiger partial charge in [0.2, 0.25) is 20.0 Å². The van der Waals surface area contributed by atoms with Crippen LogP contribution < -0.4 is 10.0 Å². The minimum absolute atomic E-state index is 0.000694. The van der Waals surface area contributed by atoms with Gasteiger partial charge in [-0.15, -0.1) is 0 Å². The van der Waals surface area contributed by atoms with Gasteiger partial charge in [-0.2, -0.15) is 0 Å². The number of carbonyl (C=O) groups excluding carboxylic acids is 1. The molecule has 2 aromatic carbocycles. The number of sulfonamides is 2. The third-order valence-corrected chi connectivity index (χ3v) is 7.59. The average molecular weight is 456 g/mol. The van der Waals surface area contributed by atoms with Crippen molar-refractivity contribution < 1.29 is 26.4 Å². The van der Waals surface area contributed by atoms with Gasteiger partial charge in [0.1, 0.15) is 0 Å². The van der Waals surface area contributed by atoms with E-state index in [9.17, 15) is 21.6 Å². The summed E-state index contributed by atoms with van der Waals surface area (Å²) in [4.78, 5) is 12.6. The Morgan fingerprint density at radius 3 is 2.23 bits per heavy atom. The first-order valence-corrected chi connectivity index (χ1v) is 11.9. The van der Waals surface area contributed by atoms with Crippen LogP contribution in [0.1, 0.15) is 15.9 Å². The predicted octanol–water partition coefficient (Wildman–Crippen LogP) is 0.792. The van der Waals surface area contributed by atoms with Crippen molar-refractivity contribution in [2.45, 2.75) is 16.3 Å². The Morgan fingerprint density at radius 1 is 1.00 bits per heavy atom. The molecule has 0 atom stereocenters. The lowest BCUT2D eigenvalue weighted by atomic mass is 10.2. The van der Waals surface area contributed by atoms with Crippen LogP contribution in [-0.4, -0.2) is 61.4 Å². The average Bonchev–Trinajstić information content (AvgIpc) is 2.72. The predicted molar refractivity (Wildman–Crippen MR) is 112 cm³/mol. The molecule has 9 nitrogen and oxygen atoms in total. The molecular formula is C19H25N3O6S2. The number of amides is 1. The van der Waals surface area contributed by atoms with Gasteiger partial charge in [-0.1, -0.05) is 18.2 Å². The van der Waals surface area contributed by atoms with Crippen LogP contribution >= 0.6 is 0 Å². The lowest BCUT2D eigenvalue weighted by Crippen LogP contribution is -2.28. The standard InChI is InChI=1S/C19H25N3O6S2/c1-22(2)30(26,27)18-7-5-4-6-16(18)14-20-19(23)15-8-10-17(11-9-15)29(24,25)21-12-13-28-3/h4-11,21H,12-14H2,1-3H3,(H,20,23). The second kappa shape index (κ2) is 10.1. The molecule has 2 aromatic rings. The number of rotatable bonds is 10. The van der Waals surface area contributed by atoms with Crippen molar-refractivity contribution in [1.29, 1.82) is 0 Å². The summed E-state index contributed by atoms with van der Waals surface area (Å²) in [5, 5.41) is 2.66. The van der Waals surface area contributed by atoms with E-state index in [0.717, 1.165) is 4.31 Å². The van der Waals surface area contributed by atoms with Crippen LogP contribution in [0.15, 0.2) is 58.3 Å². The number of nitrogens with one attached hydrogen (secondary N) is 2. The topological polar surface area (TPSA) is 122 Å². The Bertz CT molecular complexity index is 1080. The van der Waals surface area contributed by atoms with E-state index in [1.165, 1.54) is 51.5 Å². The normalized spacial score (nSPS) is 12.1. The highest BCUT2D eigenvalue weighted by Gasteiger charge is 2.21. The van der Waals surface area contributed by atoms with Gasteiger partial charge in [0.15, 0.2) is 0 Å². The molecule has 0 saturated heterocycles. The molecular weight excluding hydrogens is 430 g/mol. The highest BCUT2D eigenvalue weighted by Crippen LogP contribution is 2.18. The fraction of sp³-hybridized carbons (Fsp3) is 0.316. The van der Waals surface area contributed by atoms with E-state index in [1.807, 2.05) is 0 Å². The van der Waals surface area contributed by atoms with Gasteiger partial charge in [0, 0.05) is 39.9 Å². The van der Waals surface area contributed by atoms with E-state index < -0.39 is 26.0 Å². The SMILES string of the molecule is COCCNS(=O)(=O)c1ccc(C(=O)NCc2ccccc2S(=O)(=O)N(C)C)cc1. The molecule has 30 heavy (non-hydrogen) atoms. The summed E-state index contributed by atoms with van der Waals surface area (Å²) in [6.07, 6.45) is 0. The number of methoxy groups -OCH3 is 1. The largest absolute Gasteiger partial charge is 0.383 e. The van der Waals surface area contributed by atoms with E-state index in [4.69, 9.17) is 4.74 Å². The highest BCUT2D eigenvalue weighted by molar-refractivity contribution is 7.89. The van der Waals surface area contributed by atoms with E-state index in [0.29, 0.717) is 5.56 Å². The minimum atomic E-state index is -3.69. The molecule has 2 rings (SSSR count). The molecule has 1 amide bonds. The fourth-order valence-electron chi connectivity index (χ4n) is 2.52. The molecule has 0 heterocycles. The lowest BCUT2D eigenvalue weighted by molar-refractivity contribution is 0.0950. The van der Waals surface area contributed by atoms with Crippen LogP contribution in [0.25, 0.3) is 0 Å². The Morgan fingerprint density at radius 2 is 1.63 bits per heavy atom. The number of carbonyl (C=O) groups is 1. The molecule has 0 spiro atoms. The molecule has 0 unspecified atom stereocenters. The summed E-state index contributed by atoms with van der Waals surface area (Å²) in [6.45, 7) is 0.377. The van der Waals surface area contributed by atoms with Gasteiger partial charge >= 0.3 is 0 Å². The molecule has 164 valence electrons. The first kappa shape index (κ1) is 24.0. The van der Waals surface area contributed by atoms with Gasteiger partial charge in [-0.25, -0.2) is 25.9 Å². The number of ether oxygens (including phenoxy) is 1. The Balaban J connectivity index is 2.10. The van der Waals surface area contributed by atoms with Crippen molar-refractivity contribution in [3.63, 3.8) is 0 Å². The summed E-state index contributed by atoms with van der Waals surface area (Å²) < 4.78 is 57.5. The molecule has 0 fully saturated rings. The quantitative estimate of drug-likeness (QED) is 0.511. The fourth-order valence-corrected chi connectivity index (χ4v) is 4.65. The molecule has 0 aliphatic heterocycles. The number of hydrogen-bond acceptors (Lipinski definition) is 6. The summed E-state index contributed by atoms with van der Waals surface area (Å²) in [6, 6.07) is 11.8. The zero-order valence-electron chi connectivity index (χ0n) is 17.0. The molecule has 0 radical (unpaired) electrons. The van der Waals surface area contributed by atoms with E-state index in [1.54, 1.807) is 18.2 Å². The molecule has 0 aromatic heterocycles. The monoisotopic (exact) mass is 455 g/mol. The van der Waals surface area contributed by atoms with E-state index in [-0.39, 0.29) is 35.1 Å². The van der Waals surface area contributed by atoms with Crippen molar-refractivity contribution in [2.24, 2.45) is 0 Å². The highest BCUT2D eigenvalue weighted by atomic mass is 32.2. The van der Waals surface area contributed by atoms with Crippen LogP contribution in [0.3, 0.4) is 0 Å². The van der Waals surface area contributed by atoms with Crippen molar-refractivity contribution in [1.82, 2.24) is 14.3 Å². The second-order valence-electron chi connectivity index (χ2n) is 6.49. The first-order chi connectivity index (χ1) is 14.1. The Hall–Kier alpha value is -2.31. The van der Waals surface area contributed by atoms with Gasteiger partial charge < -0.3 is 10.1 Å². The van der Waals surface area contributed by atoms with Gasteiger partial charge in [0.05, 0.1) is 16.4 Å². The minimum Gasteiger partial charge on any atom is -0.383 e. The van der Waals surface area contributed by atoms with Crippen LogP contribution in [0.2, 0.25) is 0 Å². The Kier molecular flexibility index (Phi) is 8.10. The maximum Gasteiger partial charge on any atom is 0.251 e.